The number of carbonyl (C=O) groups is 2. The Hall–Kier alpha value is -3.13. The lowest BCUT2D eigenvalue weighted by atomic mass is 9.99. The van der Waals surface area contributed by atoms with Crippen molar-refractivity contribution in [2.45, 2.75) is 44.0 Å². The van der Waals surface area contributed by atoms with Crippen LogP contribution >= 0.6 is 11.3 Å². The number of carbonyl (C=O) groups excluding carboxylic acids is 2. The summed E-state index contributed by atoms with van der Waals surface area (Å²) in [4.78, 5) is 30.5. The summed E-state index contributed by atoms with van der Waals surface area (Å²) in [5.41, 5.74) is 3.38. The quantitative estimate of drug-likeness (QED) is 0.610. The van der Waals surface area contributed by atoms with Crippen molar-refractivity contribution in [3.63, 3.8) is 0 Å². The first-order chi connectivity index (χ1) is 15.7. The van der Waals surface area contributed by atoms with E-state index in [1.165, 1.54) is 11.1 Å². The van der Waals surface area contributed by atoms with Gasteiger partial charge in [0.1, 0.15) is 18.3 Å². The number of likely N-dealkylation sites (tertiary alicyclic amines) is 1. The van der Waals surface area contributed by atoms with E-state index >= 15 is 0 Å². The zero-order chi connectivity index (χ0) is 21.7. The molecule has 0 bridgehead atoms. The van der Waals surface area contributed by atoms with Crippen molar-refractivity contribution in [3.8, 4) is 10.6 Å². The lowest BCUT2D eigenvalue weighted by Gasteiger charge is -2.38. The van der Waals surface area contributed by atoms with Crippen LogP contribution in [0.4, 0.5) is 4.79 Å². The third-order valence-corrected chi connectivity index (χ3v) is 7.72. The molecule has 2 aliphatic heterocycles. The summed E-state index contributed by atoms with van der Waals surface area (Å²) in [7, 11) is 0. The van der Waals surface area contributed by atoms with Gasteiger partial charge in [-0.15, -0.1) is 11.3 Å². The zero-order valence-electron chi connectivity index (χ0n) is 17.6. The molecule has 2 fully saturated rings. The lowest BCUT2D eigenvalue weighted by Crippen LogP contribution is -2.48. The standard InChI is InChI=1S/C24H24N4O3S/c29-22(15-27-12-9-19(25-27)21-6-3-13-32-21)26-10-7-17(8-11-26)28-23-18-5-2-1-4-16(18)14-20(23)31-24(28)30/h1-6,9,12-13,17,20,23H,7-8,10-11,14-15H2/t20-,23+/m1/s1. The van der Waals surface area contributed by atoms with E-state index in [1.54, 1.807) is 16.0 Å². The monoisotopic (exact) mass is 448 g/mol. The van der Waals surface area contributed by atoms with Gasteiger partial charge in [0, 0.05) is 31.7 Å². The number of hydrogen-bond acceptors (Lipinski definition) is 5. The molecule has 2 aromatic heterocycles. The van der Waals surface area contributed by atoms with Crippen molar-refractivity contribution in [1.82, 2.24) is 19.6 Å². The second-order valence-electron chi connectivity index (χ2n) is 8.67. The Labute approximate surface area is 190 Å². The molecule has 1 aromatic carbocycles. The van der Waals surface area contributed by atoms with E-state index in [4.69, 9.17) is 4.74 Å². The van der Waals surface area contributed by atoms with Crippen LogP contribution in [0.5, 0.6) is 0 Å². The third-order valence-electron chi connectivity index (χ3n) is 6.83. The van der Waals surface area contributed by atoms with Gasteiger partial charge in [0.15, 0.2) is 0 Å². The minimum Gasteiger partial charge on any atom is -0.443 e. The summed E-state index contributed by atoms with van der Waals surface area (Å²) in [6.45, 7) is 1.52. The van der Waals surface area contributed by atoms with Crippen LogP contribution in [0.3, 0.4) is 0 Å². The fourth-order valence-corrected chi connectivity index (χ4v) is 5.98. The van der Waals surface area contributed by atoms with E-state index in [0.29, 0.717) is 13.1 Å². The molecule has 4 heterocycles. The van der Waals surface area contributed by atoms with Crippen LogP contribution in [0.15, 0.2) is 54.0 Å². The molecule has 0 saturated carbocycles. The van der Waals surface area contributed by atoms with Gasteiger partial charge in [-0.05, 0) is 41.5 Å². The first kappa shape index (κ1) is 19.5. The minimum atomic E-state index is -0.211. The number of benzene rings is 1. The van der Waals surface area contributed by atoms with Gasteiger partial charge in [-0.2, -0.15) is 5.10 Å². The van der Waals surface area contributed by atoms with Crippen molar-refractivity contribution in [1.29, 1.82) is 0 Å². The number of aromatic nitrogens is 2. The summed E-state index contributed by atoms with van der Waals surface area (Å²) in [6, 6.07) is 14.4. The van der Waals surface area contributed by atoms with Crippen molar-refractivity contribution < 1.29 is 14.3 Å². The number of rotatable bonds is 4. The van der Waals surface area contributed by atoms with Gasteiger partial charge in [0.2, 0.25) is 5.91 Å². The largest absolute Gasteiger partial charge is 0.443 e. The van der Waals surface area contributed by atoms with Crippen LogP contribution in [-0.4, -0.2) is 56.8 Å². The van der Waals surface area contributed by atoms with E-state index in [-0.39, 0.29) is 36.7 Å². The Bertz CT molecular complexity index is 1150. The third kappa shape index (κ3) is 3.30. The smallest absolute Gasteiger partial charge is 0.411 e. The second-order valence-corrected chi connectivity index (χ2v) is 9.61. The average Bonchev–Trinajstić information content (AvgIpc) is 3.58. The maximum Gasteiger partial charge on any atom is 0.411 e. The maximum absolute atomic E-state index is 12.9. The number of amides is 2. The molecular weight excluding hydrogens is 424 g/mol. The first-order valence-electron chi connectivity index (χ1n) is 11.1. The molecule has 0 radical (unpaired) electrons. The SMILES string of the molecule is O=C(Cn1ccc(-c2cccs2)n1)N1CCC(N2C(=O)O[C@@H]3Cc4ccccc4[C@@H]32)CC1. The van der Waals surface area contributed by atoms with Crippen LogP contribution in [0, 0.1) is 0 Å². The summed E-state index contributed by atoms with van der Waals surface area (Å²) >= 11 is 1.64. The lowest BCUT2D eigenvalue weighted by molar-refractivity contribution is -0.133. The second kappa shape index (κ2) is 7.78. The van der Waals surface area contributed by atoms with Gasteiger partial charge < -0.3 is 9.64 Å². The molecule has 0 spiro atoms. The van der Waals surface area contributed by atoms with Gasteiger partial charge in [0.25, 0.3) is 0 Å². The van der Waals surface area contributed by atoms with E-state index in [9.17, 15) is 9.59 Å². The summed E-state index contributed by atoms with van der Waals surface area (Å²) < 4.78 is 7.43. The molecule has 1 aliphatic carbocycles. The van der Waals surface area contributed by atoms with Crippen LogP contribution in [0.2, 0.25) is 0 Å². The molecule has 32 heavy (non-hydrogen) atoms. The molecule has 3 aromatic rings. The van der Waals surface area contributed by atoms with Gasteiger partial charge >= 0.3 is 6.09 Å². The number of ether oxygens (including phenoxy) is 1. The fraction of sp³-hybridized carbons (Fsp3) is 0.375. The van der Waals surface area contributed by atoms with E-state index in [0.717, 1.165) is 29.8 Å². The maximum atomic E-state index is 12.9. The summed E-state index contributed by atoms with van der Waals surface area (Å²) in [5.74, 6) is 0.0670. The Morgan fingerprint density at radius 3 is 2.78 bits per heavy atom. The molecule has 164 valence electrons. The predicted octanol–water partition coefficient (Wildman–Crippen LogP) is 3.72. The highest BCUT2D eigenvalue weighted by Gasteiger charge is 2.50. The molecule has 7 nitrogen and oxygen atoms in total. The summed E-state index contributed by atoms with van der Waals surface area (Å²) in [5, 5.41) is 6.56. The van der Waals surface area contributed by atoms with Crippen molar-refractivity contribution >= 4 is 23.3 Å². The number of thiophene rings is 1. The topological polar surface area (TPSA) is 67.7 Å². The highest BCUT2D eigenvalue weighted by molar-refractivity contribution is 7.13. The van der Waals surface area contributed by atoms with Crippen molar-refractivity contribution in [2.24, 2.45) is 0 Å². The number of piperidine rings is 1. The fourth-order valence-electron chi connectivity index (χ4n) is 5.29. The van der Waals surface area contributed by atoms with E-state index in [1.807, 2.05) is 51.7 Å². The van der Waals surface area contributed by atoms with Gasteiger partial charge in [-0.3, -0.25) is 14.4 Å². The normalized spacial score (nSPS) is 22.7. The van der Waals surface area contributed by atoms with Gasteiger partial charge in [-0.25, -0.2) is 4.79 Å². The van der Waals surface area contributed by atoms with Crippen LogP contribution < -0.4 is 0 Å². The van der Waals surface area contributed by atoms with Gasteiger partial charge in [0.05, 0.1) is 10.9 Å². The van der Waals surface area contributed by atoms with Gasteiger partial charge in [-0.1, -0.05) is 30.3 Å². The average molecular weight is 449 g/mol. The molecule has 8 heteroatoms. The Morgan fingerprint density at radius 2 is 1.97 bits per heavy atom. The summed E-state index contributed by atoms with van der Waals surface area (Å²) in [6.07, 6.45) is 3.89. The Morgan fingerprint density at radius 1 is 1.12 bits per heavy atom. The molecule has 2 saturated heterocycles. The number of hydrogen-bond donors (Lipinski definition) is 0. The molecule has 0 N–H and O–H groups in total. The molecule has 2 amide bonds. The minimum absolute atomic E-state index is 0.00528. The highest BCUT2D eigenvalue weighted by Crippen LogP contribution is 2.44. The molecule has 3 aliphatic rings. The molecule has 2 atom stereocenters. The number of nitrogens with zero attached hydrogens (tertiary/aromatic N) is 4. The van der Waals surface area contributed by atoms with Crippen LogP contribution in [0.25, 0.3) is 10.6 Å². The van der Waals surface area contributed by atoms with E-state index in [2.05, 4.69) is 17.2 Å². The molecule has 0 unspecified atom stereocenters. The Kier molecular flexibility index (Phi) is 4.75. The Balaban J connectivity index is 1.09. The van der Waals surface area contributed by atoms with Crippen LogP contribution in [0.1, 0.15) is 30.0 Å². The van der Waals surface area contributed by atoms with E-state index < -0.39 is 0 Å². The predicted molar refractivity (Wildman–Crippen MR) is 120 cm³/mol. The zero-order valence-corrected chi connectivity index (χ0v) is 18.4. The van der Waals surface area contributed by atoms with Crippen molar-refractivity contribution in [2.75, 3.05) is 13.1 Å². The van der Waals surface area contributed by atoms with Crippen molar-refractivity contribution in [3.05, 3.63) is 65.2 Å². The molecular formula is C24H24N4O3S. The first-order valence-corrected chi connectivity index (χ1v) is 12.0. The molecule has 6 rings (SSSR count). The van der Waals surface area contributed by atoms with Crippen LogP contribution in [-0.2, 0) is 22.5 Å². The highest BCUT2D eigenvalue weighted by atomic mass is 32.1. The number of fused-ring (bicyclic) bond motifs is 3.